The Morgan fingerprint density at radius 3 is 2.67 bits per heavy atom. The SMILES string of the molecule is COc1ccc(CCNC(=O)Nc2cccc(-c3n[nH]c(C)c3Br)c2)cc1. The quantitative estimate of drug-likeness (QED) is 0.539. The van der Waals surface area contributed by atoms with Gasteiger partial charge in [-0.15, -0.1) is 0 Å². The summed E-state index contributed by atoms with van der Waals surface area (Å²) in [5.41, 5.74) is 4.54. The number of carbonyl (C=O) groups excluding carboxylic acids is 1. The minimum absolute atomic E-state index is 0.238. The standard InChI is InChI=1S/C20H21BrN4O2/c1-13-18(21)19(25-24-13)15-4-3-5-16(12-15)23-20(26)22-11-10-14-6-8-17(27-2)9-7-14/h3-9,12H,10-11H2,1-2H3,(H,24,25)(H2,22,23,26). The highest BCUT2D eigenvalue weighted by atomic mass is 79.9. The Bertz CT molecular complexity index is 922. The maximum Gasteiger partial charge on any atom is 0.319 e. The number of methoxy groups -OCH3 is 1. The Balaban J connectivity index is 1.54. The van der Waals surface area contributed by atoms with E-state index in [-0.39, 0.29) is 6.03 Å². The first-order chi connectivity index (χ1) is 13.1. The van der Waals surface area contributed by atoms with Crippen LogP contribution in [0.25, 0.3) is 11.3 Å². The van der Waals surface area contributed by atoms with Crippen molar-refractivity contribution in [3.05, 3.63) is 64.3 Å². The molecule has 7 heteroatoms. The van der Waals surface area contributed by atoms with E-state index in [1.54, 1.807) is 7.11 Å². The third-order valence-corrected chi connectivity index (χ3v) is 5.10. The molecule has 0 spiro atoms. The number of nitrogens with one attached hydrogen (secondary N) is 3. The van der Waals surface area contributed by atoms with Crippen LogP contribution < -0.4 is 15.4 Å². The highest BCUT2D eigenvalue weighted by Crippen LogP contribution is 2.29. The van der Waals surface area contributed by atoms with Gasteiger partial charge in [-0.3, -0.25) is 5.10 Å². The predicted molar refractivity (Wildman–Crippen MR) is 110 cm³/mol. The van der Waals surface area contributed by atoms with Crippen molar-refractivity contribution in [3.8, 4) is 17.0 Å². The molecule has 0 bridgehead atoms. The van der Waals surface area contributed by atoms with Crippen LogP contribution in [0.5, 0.6) is 5.75 Å². The third-order valence-electron chi connectivity index (χ3n) is 4.12. The van der Waals surface area contributed by atoms with Crippen molar-refractivity contribution >= 4 is 27.6 Å². The van der Waals surface area contributed by atoms with Crippen LogP contribution in [0.2, 0.25) is 0 Å². The van der Waals surface area contributed by atoms with E-state index in [1.807, 2.05) is 55.5 Å². The van der Waals surface area contributed by atoms with E-state index < -0.39 is 0 Å². The van der Waals surface area contributed by atoms with Gasteiger partial charge >= 0.3 is 6.03 Å². The molecule has 3 rings (SSSR count). The van der Waals surface area contributed by atoms with Crippen molar-refractivity contribution in [2.24, 2.45) is 0 Å². The van der Waals surface area contributed by atoms with Crippen LogP contribution in [-0.2, 0) is 6.42 Å². The maximum atomic E-state index is 12.1. The van der Waals surface area contributed by atoms with Crippen molar-refractivity contribution in [2.45, 2.75) is 13.3 Å². The van der Waals surface area contributed by atoms with E-state index in [2.05, 4.69) is 36.8 Å². The smallest absolute Gasteiger partial charge is 0.319 e. The topological polar surface area (TPSA) is 79.0 Å². The van der Waals surface area contributed by atoms with Gasteiger partial charge in [-0.1, -0.05) is 24.3 Å². The largest absolute Gasteiger partial charge is 0.497 e. The average molecular weight is 429 g/mol. The van der Waals surface area contributed by atoms with Gasteiger partial charge in [0, 0.05) is 23.5 Å². The van der Waals surface area contributed by atoms with Gasteiger partial charge in [0.05, 0.1) is 11.6 Å². The van der Waals surface area contributed by atoms with E-state index in [9.17, 15) is 4.79 Å². The van der Waals surface area contributed by atoms with Crippen LogP contribution in [0.15, 0.2) is 53.0 Å². The lowest BCUT2D eigenvalue weighted by Gasteiger charge is -2.09. The van der Waals surface area contributed by atoms with Gasteiger partial charge in [0.1, 0.15) is 11.4 Å². The molecule has 1 aromatic heterocycles. The number of hydrogen-bond donors (Lipinski definition) is 3. The van der Waals surface area contributed by atoms with Crippen LogP contribution in [0.1, 0.15) is 11.3 Å². The van der Waals surface area contributed by atoms with Crippen molar-refractivity contribution in [1.82, 2.24) is 15.5 Å². The lowest BCUT2D eigenvalue weighted by Crippen LogP contribution is -2.30. The summed E-state index contributed by atoms with van der Waals surface area (Å²) in [6.45, 7) is 2.49. The van der Waals surface area contributed by atoms with E-state index >= 15 is 0 Å². The molecule has 0 unspecified atom stereocenters. The fraction of sp³-hybridized carbons (Fsp3) is 0.200. The van der Waals surface area contributed by atoms with Crippen LogP contribution in [-0.4, -0.2) is 29.9 Å². The van der Waals surface area contributed by atoms with Crippen LogP contribution >= 0.6 is 15.9 Å². The maximum absolute atomic E-state index is 12.1. The monoisotopic (exact) mass is 428 g/mol. The van der Waals surface area contributed by atoms with Gasteiger partial charge in [0.15, 0.2) is 0 Å². The van der Waals surface area contributed by atoms with E-state index in [0.29, 0.717) is 12.2 Å². The third kappa shape index (κ3) is 4.89. The van der Waals surface area contributed by atoms with Gasteiger partial charge in [0.2, 0.25) is 0 Å². The summed E-state index contributed by atoms with van der Waals surface area (Å²) in [5, 5.41) is 13.0. The number of benzene rings is 2. The molecule has 0 atom stereocenters. The number of urea groups is 1. The Labute approximate surface area is 166 Å². The molecule has 0 saturated heterocycles. The molecule has 0 aliphatic rings. The summed E-state index contributed by atoms with van der Waals surface area (Å²) in [4.78, 5) is 12.1. The number of aromatic amines is 1. The molecule has 6 nitrogen and oxygen atoms in total. The second-order valence-electron chi connectivity index (χ2n) is 6.07. The molecule has 0 saturated carbocycles. The lowest BCUT2D eigenvalue weighted by molar-refractivity contribution is 0.252. The van der Waals surface area contributed by atoms with Crippen molar-refractivity contribution < 1.29 is 9.53 Å². The molecule has 3 aromatic rings. The molecule has 1 heterocycles. The molecule has 2 aromatic carbocycles. The number of nitrogens with zero attached hydrogens (tertiary/aromatic N) is 1. The molecule has 0 radical (unpaired) electrons. The summed E-state index contributed by atoms with van der Waals surface area (Å²) in [5.74, 6) is 0.822. The van der Waals surface area contributed by atoms with Crippen LogP contribution in [0, 0.1) is 6.92 Å². The predicted octanol–water partition coefficient (Wildman–Crippen LogP) is 4.52. The number of aryl methyl sites for hydroxylation is 1. The zero-order valence-electron chi connectivity index (χ0n) is 15.2. The second kappa shape index (κ2) is 8.73. The minimum atomic E-state index is -0.238. The van der Waals surface area contributed by atoms with E-state index in [1.165, 1.54) is 0 Å². The number of halogens is 1. The molecule has 27 heavy (non-hydrogen) atoms. The van der Waals surface area contributed by atoms with E-state index in [4.69, 9.17) is 4.74 Å². The van der Waals surface area contributed by atoms with Gasteiger partial charge in [-0.05, 0) is 59.1 Å². The number of hydrogen-bond acceptors (Lipinski definition) is 3. The van der Waals surface area contributed by atoms with Gasteiger partial charge in [0.25, 0.3) is 0 Å². The Hall–Kier alpha value is -2.80. The van der Waals surface area contributed by atoms with Gasteiger partial charge in [-0.25, -0.2) is 4.79 Å². The van der Waals surface area contributed by atoms with Gasteiger partial charge < -0.3 is 15.4 Å². The number of anilines is 1. The fourth-order valence-electron chi connectivity index (χ4n) is 2.64. The fourth-order valence-corrected chi connectivity index (χ4v) is 3.05. The van der Waals surface area contributed by atoms with Crippen LogP contribution in [0.3, 0.4) is 0 Å². The first-order valence-electron chi connectivity index (χ1n) is 8.55. The highest BCUT2D eigenvalue weighted by Gasteiger charge is 2.10. The van der Waals surface area contributed by atoms with Crippen molar-refractivity contribution in [1.29, 1.82) is 0 Å². The lowest BCUT2D eigenvalue weighted by atomic mass is 10.1. The summed E-state index contributed by atoms with van der Waals surface area (Å²) >= 11 is 3.53. The first kappa shape index (κ1) is 19.0. The summed E-state index contributed by atoms with van der Waals surface area (Å²) in [7, 11) is 1.64. The number of aromatic nitrogens is 2. The number of ether oxygens (including phenoxy) is 1. The molecule has 0 aliphatic carbocycles. The molecule has 0 fully saturated rings. The van der Waals surface area contributed by atoms with E-state index in [0.717, 1.165) is 39.2 Å². The Morgan fingerprint density at radius 1 is 1.22 bits per heavy atom. The first-order valence-corrected chi connectivity index (χ1v) is 9.35. The summed E-state index contributed by atoms with van der Waals surface area (Å²) in [6.07, 6.45) is 0.747. The zero-order chi connectivity index (χ0) is 19.2. The molecule has 0 aliphatic heterocycles. The molecule has 140 valence electrons. The molecular formula is C20H21BrN4O2. The molecule has 3 N–H and O–H groups in total. The summed E-state index contributed by atoms with van der Waals surface area (Å²) < 4.78 is 6.06. The van der Waals surface area contributed by atoms with Crippen molar-refractivity contribution in [2.75, 3.05) is 19.0 Å². The number of amides is 2. The number of rotatable bonds is 6. The normalized spacial score (nSPS) is 10.5. The number of H-pyrrole nitrogens is 1. The Morgan fingerprint density at radius 2 is 2.00 bits per heavy atom. The highest BCUT2D eigenvalue weighted by molar-refractivity contribution is 9.10. The zero-order valence-corrected chi connectivity index (χ0v) is 16.8. The van der Waals surface area contributed by atoms with Gasteiger partial charge in [-0.2, -0.15) is 5.10 Å². The Kier molecular flexibility index (Phi) is 6.13. The average Bonchev–Trinajstić information content (AvgIpc) is 3.01. The minimum Gasteiger partial charge on any atom is -0.497 e. The summed E-state index contributed by atoms with van der Waals surface area (Å²) in [6, 6.07) is 15.1. The second-order valence-corrected chi connectivity index (χ2v) is 6.86. The van der Waals surface area contributed by atoms with Crippen molar-refractivity contribution in [3.63, 3.8) is 0 Å². The number of carbonyl (C=O) groups is 1. The molecule has 2 amide bonds. The van der Waals surface area contributed by atoms with Crippen LogP contribution in [0.4, 0.5) is 10.5 Å². The molecular weight excluding hydrogens is 408 g/mol.